The number of nitrogens with two attached hydrogens (primary N) is 1. The number of fused-ring (bicyclic) bond motifs is 2. The molecular formula is C31H34ClF3N6O3. The quantitative estimate of drug-likeness (QED) is 0.405. The van der Waals surface area contributed by atoms with Crippen LogP contribution >= 0.6 is 11.6 Å². The van der Waals surface area contributed by atoms with Gasteiger partial charge in [-0.25, -0.2) is 23.1 Å². The molecular weight excluding hydrogens is 597 g/mol. The minimum atomic E-state index is -2.47. The van der Waals surface area contributed by atoms with Gasteiger partial charge in [-0.1, -0.05) is 11.6 Å². The average molecular weight is 631 g/mol. The van der Waals surface area contributed by atoms with Crippen molar-refractivity contribution in [3.05, 3.63) is 63.6 Å². The van der Waals surface area contributed by atoms with Gasteiger partial charge in [-0.05, 0) is 49.4 Å². The van der Waals surface area contributed by atoms with Crippen LogP contribution in [-0.2, 0) is 22.4 Å². The Hall–Kier alpha value is -3.48. The molecule has 3 aliphatic heterocycles. The fourth-order valence-electron chi connectivity index (χ4n) is 6.49. The van der Waals surface area contributed by atoms with E-state index in [4.69, 9.17) is 36.8 Å². The number of ether oxygens (including phenoxy) is 2. The van der Waals surface area contributed by atoms with E-state index in [0.29, 0.717) is 85.4 Å². The molecule has 1 aliphatic carbocycles. The van der Waals surface area contributed by atoms with Gasteiger partial charge in [0.25, 0.3) is 5.56 Å². The van der Waals surface area contributed by atoms with Crippen LogP contribution in [0, 0.1) is 11.2 Å². The summed E-state index contributed by atoms with van der Waals surface area (Å²) < 4.78 is 53.0. The van der Waals surface area contributed by atoms with Crippen LogP contribution in [0.25, 0.3) is 22.2 Å². The van der Waals surface area contributed by atoms with Gasteiger partial charge in [-0.15, -0.1) is 0 Å². The Kier molecular flexibility index (Phi) is 8.67. The summed E-state index contributed by atoms with van der Waals surface area (Å²) in [4.78, 5) is 28.7. The summed E-state index contributed by atoms with van der Waals surface area (Å²) in [6, 6.07) is 6.25. The van der Waals surface area contributed by atoms with E-state index in [-0.39, 0.29) is 29.9 Å². The van der Waals surface area contributed by atoms with Crippen LogP contribution < -0.4 is 16.2 Å². The summed E-state index contributed by atoms with van der Waals surface area (Å²) in [5.41, 5.74) is 5.88. The van der Waals surface area contributed by atoms with Gasteiger partial charge in [0.05, 0.1) is 37.9 Å². The highest BCUT2D eigenvalue weighted by atomic mass is 35.5. The van der Waals surface area contributed by atoms with Crippen LogP contribution in [0.4, 0.5) is 19.0 Å². The molecule has 3 aromatic rings. The number of hydrogen-bond acceptors (Lipinski definition) is 8. The molecule has 1 aromatic carbocycles. The van der Waals surface area contributed by atoms with Gasteiger partial charge in [0.15, 0.2) is 0 Å². The van der Waals surface area contributed by atoms with Crippen LogP contribution in [0.2, 0.25) is 5.02 Å². The number of anilines is 1. The van der Waals surface area contributed by atoms with Gasteiger partial charge in [0, 0.05) is 61.1 Å². The topological polar surface area (TPSA) is 108 Å². The number of aromatic nitrogens is 3. The molecule has 1 spiro atoms. The molecule has 13 heteroatoms. The monoisotopic (exact) mass is 630 g/mol. The van der Waals surface area contributed by atoms with E-state index in [1.54, 1.807) is 35.1 Å². The lowest BCUT2D eigenvalue weighted by Crippen LogP contribution is -2.46. The molecule has 234 valence electrons. The molecule has 5 heterocycles. The van der Waals surface area contributed by atoms with Crippen LogP contribution in [0.5, 0.6) is 0 Å². The number of aryl methyl sites for hydroxylation is 1. The molecule has 2 aromatic heterocycles. The first-order valence-electron chi connectivity index (χ1n) is 14.8. The molecule has 2 saturated heterocycles. The predicted octanol–water partition coefficient (Wildman–Crippen LogP) is 4.77. The van der Waals surface area contributed by atoms with Crippen molar-refractivity contribution in [2.45, 2.75) is 50.7 Å². The van der Waals surface area contributed by atoms with Gasteiger partial charge in [-0.3, -0.25) is 14.4 Å². The molecule has 7 rings (SSSR count). The largest absolute Gasteiger partial charge is 0.405 e. The number of morpholine rings is 1. The second-order valence-corrected chi connectivity index (χ2v) is 12.2. The van der Waals surface area contributed by atoms with E-state index < -0.39 is 11.7 Å². The molecule has 0 amide bonds. The summed E-state index contributed by atoms with van der Waals surface area (Å²) in [5.74, 6) is -1.58. The normalized spacial score (nSPS) is 22.0. The van der Waals surface area contributed by atoms with Crippen LogP contribution in [0.15, 0.2) is 46.3 Å². The zero-order valence-corrected chi connectivity index (χ0v) is 24.9. The second kappa shape index (κ2) is 12.5. The molecule has 9 nitrogen and oxygen atoms in total. The Balaban J connectivity index is 0.000000182. The van der Waals surface area contributed by atoms with Crippen LogP contribution in [-0.4, -0.2) is 72.2 Å². The lowest BCUT2D eigenvalue weighted by Gasteiger charge is -2.43. The summed E-state index contributed by atoms with van der Waals surface area (Å²) in [7, 11) is 0. The smallest absolute Gasteiger partial charge is 0.261 e. The number of hydrogen-bond donors (Lipinski definition) is 1. The molecule has 0 bridgehead atoms. The zero-order chi connectivity index (χ0) is 30.9. The second-order valence-electron chi connectivity index (χ2n) is 11.8. The summed E-state index contributed by atoms with van der Waals surface area (Å²) in [5, 5.41) is 0.773. The number of pyridine rings is 1. The Morgan fingerprint density at radius 2 is 1.95 bits per heavy atom. The number of nitrogens with zero attached hydrogens (tertiary/aromatic N) is 5. The lowest BCUT2D eigenvalue weighted by molar-refractivity contribution is -0.160. The van der Waals surface area contributed by atoms with E-state index >= 15 is 0 Å². The predicted molar refractivity (Wildman–Crippen MR) is 163 cm³/mol. The third-order valence-corrected chi connectivity index (χ3v) is 8.71. The Morgan fingerprint density at radius 1 is 1.16 bits per heavy atom. The lowest BCUT2D eigenvalue weighted by atomic mass is 9.65. The molecule has 1 saturated carbocycles. The van der Waals surface area contributed by atoms with E-state index in [9.17, 15) is 18.0 Å². The Bertz CT molecular complexity index is 1650. The molecule has 4 aliphatic rings. The molecule has 3 fully saturated rings. The molecule has 1 unspecified atom stereocenters. The summed E-state index contributed by atoms with van der Waals surface area (Å²) >= 11 is 5.93. The van der Waals surface area contributed by atoms with Crippen molar-refractivity contribution >= 4 is 34.5 Å². The van der Waals surface area contributed by atoms with E-state index in [1.165, 1.54) is 12.3 Å². The fourth-order valence-corrected chi connectivity index (χ4v) is 6.65. The van der Waals surface area contributed by atoms with E-state index in [1.807, 2.05) is 0 Å². The van der Waals surface area contributed by atoms with Crippen molar-refractivity contribution in [3.63, 3.8) is 0 Å². The molecule has 1 atom stereocenters. The fraction of sp³-hybridized carbons (Fsp3) is 0.484. The molecule has 44 heavy (non-hydrogen) atoms. The van der Waals surface area contributed by atoms with E-state index in [0.717, 1.165) is 18.7 Å². The molecule has 0 radical (unpaired) electrons. The third-order valence-electron chi connectivity index (χ3n) is 8.48. The van der Waals surface area contributed by atoms with Gasteiger partial charge in [0.2, 0.25) is 5.92 Å². The average Bonchev–Trinajstić information content (AvgIpc) is 3.63. The van der Waals surface area contributed by atoms with Gasteiger partial charge in [0.1, 0.15) is 28.7 Å². The number of benzene rings is 1. The minimum Gasteiger partial charge on any atom is -0.405 e. The first-order valence-corrected chi connectivity index (χ1v) is 15.1. The van der Waals surface area contributed by atoms with Crippen molar-refractivity contribution in [1.29, 1.82) is 0 Å². The number of rotatable bonds is 5. The number of alkyl halides is 2. The van der Waals surface area contributed by atoms with Crippen molar-refractivity contribution in [1.82, 2.24) is 14.5 Å². The highest BCUT2D eigenvalue weighted by molar-refractivity contribution is 6.30. The van der Waals surface area contributed by atoms with E-state index in [2.05, 4.69) is 9.89 Å². The Morgan fingerprint density at radius 3 is 2.68 bits per heavy atom. The highest BCUT2D eigenvalue weighted by Gasteiger charge is 2.59. The van der Waals surface area contributed by atoms with Gasteiger partial charge in [-0.2, -0.15) is 0 Å². The maximum Gasteiger partial charge on any atom is 0.261 e. The SMILES string of the molecule is N/C=C\C=NCC1CC2(CO1)CC(F)(F)C2.O=c1c2cc(N3CCOCC3)nc(-c3ccc(Cl)cc3F)c2nc2n1CCC2. The maximum atomic E-state index is 14.7. The van der Waals surface area contributed by atoms with Crippen molar-refractivity contribution in [3.8, 4) is 11.3 Å². The maximum absolute atomic E-state index is 14.7. The summed E-state index contributed by atoms with van der Waals surface area (Å²) in [6.45, 7) is 4.16. The van der Waals surface area contributed by atoms with Crippen LogP contribution in [0.1, 0.15) is 31.5 Å². The van der Waals surface area contributed by atoms with Crippen molar-refractivity contribution in [2.24, 2.45) is 16.1 Å². The van der Waals surface area contributed by atoms with Crippen molar-refractivity contribution < 1.29 is 22.6 Å². The number of aliphatic imine (C=N–C) groups is 1. The van der Waals surface area contributed by atoms with Crippen LogP contribution in [0.3, 0.4) is 0 Å². The summed E-state index contributed by atoms with van der Waals surface area (Å²) in [6.07, 6.45) is 6.88. The third kappa shape index (κ3) is 6.33. The van der Waals surface area contributed by atoms with Gasteiger partial charge >= 0.3 is 0 Å². The first-order chi connectivity index (χ1) is 21.2. The minimum absolute atomic E-state index is 0.0153. The Labute approximate surface area is 257 Å². The van der Waals surface area contributed by atoms with Gasteiger partial charge < -0.3 is 20.1 Å². The highest BCUT2D eigenvalue weighted by Crippen LogP contribution is 2.57. The number of halogens is 4. The molecule has 2 N–H and O–H groups in total. The number of allylic oxidation sites excluding steroid dienone is 1. The standard InChI is InChI=1S/C20H18ClFN4O2.C11H16F2N2O/c21-12-3-4-13(15(22)10-12)18-19-14(20(27)26-5-1-2-16(26)23-19)11-17(24-18)25-6-8-28-9-7-25;12-11(13)6-10(7-11)4-9(16-8-10)5-15-3-1-2-14/h3-4,10-11H,1-2,5-9H2;1-3,9H,4-8,14H2/b;2-1-,15-3?. The first kappa shape index (κ1) is 30.5. The zero-order valence-electron chi connectivity index (χ0n) is 24.2. The van der Waals surface area contributed by atoms with Crippen molar-refractivity contribution in [2.75, 3.05) is 44.4 Å².